The monoisotopic (exact) mass is 358 g/mol. The fourth-order valence-corrected chi connectivity index (χ4v) is 3.54. The summed E-state index contributed by atoms with van der Waals surface area (Å²) in [6.45, 7) is 1.60. The molecule has 0 atom stereocenters. The van der Waals surface area contributed by atoms with E-state index < -0.39 is 5.60 Å². The molecular formula is C18H19FN4O3. The molecule has 2 aliphatic rings. The summed E-state index contributed by atoms with van der Waals surface area (Å²) in [7, 11) is 1.72. The molecule has 0 aliphatic carbocycles. The molecule has 136 valence electrons. The number of ether oxygens (including phenoxy) is 1. The Morgan fingerprint density at radius 1 is 1.27 bits per heavy atom. The van der Waals surface area contributed by atoms with Crippen molar-refractivity contribution < 1.29 is 18.7 Å². The minimum atomic E-state index is -0.476. The zero-order valence-electron chi connectivity index (χ0n) is 14.4. The molecule has 0 radical (unpaired) electrons. The standard InChI is InChI=1S/C18H19FN4O3/c1-22-11-18(26-17(22)25)6-8-23(9-7-18)16(24)15-10-14(20-21-15)12-2-4-13(19)5-3-12/h2-5,10H,6-9,11H2,1H3,(H,20,21). The Labute approximate surface area is 149 Å². The van der Waals surface area contributed by atoms with Crippen molar-refractivity contribution >= 4 is 12.0 Å². The number of nitrogens with zero attached hydrogens (tertiary/aromatic N) is 3. The first kappa shape index (κ1) is 16.6. The van der Waals surface area contributed by atoms with Crippen LogP contribution in [-0.2, 0) is 4.74 Å². The number of amides is 2. The lowest BCUT2D eigenvalue weighted by atomic mass is 9.91. The van der Waals surface area contributed by atoms with Gasteiger partial charge in [-0.25, -0.2) is 9.18 Å². The maximum atomic E-state index is 13.0. The smallest absolute Gasteiger partial charge is 0.410 e. The lowest BCUT2D eigenvalue weighted by Crippen LogP contribution is -2.48. The SMILES string of the molecule is CN1CC2(CCN(C(=O)c3cc(-c4ccc(F)cc4)n[nH]3)CC2)OC1=O. The predicted octanol–water partition coefficient (Wildman–Crippen LogP) is 2.27. The number of rotatable bonds is 2. The lowest BCUT2D eigenvalue weighted by molar-refractivity contribution is 0.00300. The van der Waals surface area contributed by atoms with Crippen LogP contribution >= 0.6 is 0 Å². The zero-order chi connectivity index (χ0) is 18.3. The number of benzene rings is 1. The van der Waals surface area contributed by atoms with Gasteiger partial charge in [-0.1, -0.05) is 0 Å². The van der Waals surface area contributed by atoms with Crippen LogP contribution in [0.1, 0.15) is 23.3 Å². The number of piperidine rings is 1. The van der Waals surface area contributed by atoms with Gasteiger partial charge in [-0.2, -0.15) is 5.10 Å². The number of hydrogen-bond acceptors (Lipinski definition) is 4. The number of likely N-dealkylation sites (N-methyl/N-ethyl adjacent to an activating group) is 1. The minimum Gasteiger partial charge on any atom is -0.441 e. The molecule has 1 aromatic heterocycles. The van der Waals surface area contributed by atoms with E-state index in [2.05, 4.69) is 10.2 Å². The van der Waals surface area contributed by atoms with Crippen molar-refractivity contribution in [1.29, 1.82) is 0 Å². The highest BCUT2D eigenvalue weighted by atomic mass is 19.1. The fourth-order valence-electron chi connectivity index (χ4n) is 3.54. The molecular weight excluding hydrogens is 339 g/mol. The lowest BCUT2D eigenvalue weighted by Gasteiger charge is -2.37. The maximum absolute atomic E-state index is 13.0. The van der Waals surface area contributed by atoms with Crippen molar-refractivity contribution in [3.63, 3.8) is 0 Å². The van der Waals surface area contributed by atoms with Crippen LogP contribution < -0.4 is 0 Å². The molecule has 2 amide bonds. The van der Waals surface area contributed by atoms with Crippen molar-refractivity contribution in [1.82, 2.24) is 20.0 Å². The Balaban J connectivity index is 1.43. The highest BCUT2D eigenvalue weighted by molar-refractivity contribution is 5.93. The molecule has 7 nitrogen and oxygen atoms in total. The molecule has 0 saturated carbocycles. The van der Waals surface area contributed by atoms with Crippen LogP contribution in [0.2, 0.25) is 0 Å². The molecule has 1 aromatic carbocycles. The maximum Gasteiger partial charge on any atom is 0.410 e. The van der Waals surface area contributed by atoms with E-state index in [9.17, 15) is 14.0 Å². The van der Waals surface area contributed by atoms with Gasteiger partial charge < -0.3 is 14.5 Å². The van der Waals surface area contributed by atoms with E-state index in [0.717, 1.165) is 5.56 Å². The summed E-state index contributed by atoms with van der Waals surface area (Å²) in [5.74, 6) is -0.459. The number of aromatic nitrogens is 2. The van der Waals surface area contributed by atoms with Crippen molar-refractivity contribution in [2.45, 2.75) is 18.4 Å². The van der Waals surface area contributed by atoms with E-state index in [1.165, 1.54) is 12.1 Å². The third-order valence-corrected chi connectivity index (χ3v) is 5.05. The second-order valence-electron chi connectivity index (χ2n) is 6.87. The van der Waals surface area contributed by atoms with E-state index in [0.29, 0.717) is 43.9 Å². The number of H-pyrrole nitrogens is 1. The summed E-state index contributed by atoms with van der Waals surface area (Å²) in [6.07, 6.45) is 0.934. The molecule has 2 aliphatic heterocycles. The van der Waals surface area contributed by atoms with Gasteiger partial charge in [0.1, 0.15) is 17.1 Å². The van der Waals surface area contributed by atoms with Gasteiger partial charge in [0.05, 0.1) is 12.2 Å². The third-order valence-electron chi connectivity index (χ3n) is 5.05. The van der Waals surface area contributed by atoms with Gasteiger partial charge in [0.2, 0.25) is 0 Å². The Morgan fingerprint density at radius 2 is 1.96 bits per heavy atom. The Bertz CT molecular complexity index is 840. The molecule has 2 aromatic rings. The highest BCUT2D eigenvalue weighted by Crippen LogP contribution is 2.33. The van der Waals surface area contributed by atoms with Crippen LogP contribution in [0.15, 0.2) is 30.3 Å². The molecule has 0 bridgehead atoms. The van der Waals surface area contributed by atoms with Crippen LogP contribution in [0.4, 0.5) is 9.18 Å². The van der Waals surface area contributed by atoms with Crippen molar-refractivity contribution in [2.75, 3.05) is 26.7 Å². The van der Waals surface area contributed by atoms with Gasteiger partial charge in [-0.05, 0) is 30.3 Å². The summed E-state index contributed by atoms with van der Waals surface area (Å²) in [5.41, 5.74) is 1.24. The van der Waals surface area contributed by atoms with Gasteiger partial charge in [-0.15, -0.1) is 0 Å². The second kappa shape index (κ2) is 6.12. The summed E-state index contributed by atoms with van der Waals surface area (Å²) in [4.78, 5) is 27.6. The van der Waals surface area contributed by atoms with Crippen LogP contribution in [0, 0.1) is 5.82 Å². The van der Waals surface area contributed by atoms with Crippen LogP contribution in [0.5, 0.6) is 0 Å². The van der Waals surface area contributed by atoms with E-state index in [-0.39, 0.29) is 17.8 Å². The largest absolute Gasteiger partial charge is 0.441 e. The summed E-state index contributed by atoms with van der Waals surface area (Å²) in [5, 5.41) is 6.91. The van der Waals surface area contributed by atoms with Gasteiger partial charge in [0, 0.05) is 38.5 Å². The molecule has 0 unspecified atom stereocenters. The van der Waals surface area contributed by atoms with E-state index >= 15 is 0 Å². The summed E-state index contributed by atoms with van der Waals surface area (Å²) < 4.78 is 18.5. The van der Waals surface area contributed by atoms with Crippen molar-refractivity contribution in [3.05, 3.63) is 41.8 Å². The number of carbonyl (C=O) groups excluding carboxylic acids is 2. The summed E-state index contributed by atoms with van der Waals surface area (Å²) in [6, 6.07) is 7.62. The molecule has 4 rings (SSSR count). The van der Waals surface area contributed by atoms with E-state index in [1.807, 2.05) is 0 Å². The predicted molar refractivity (Wildman–Crippen MR) is 91.0 cm³/mol. The quantitative estimate of drug-likeness (QED) is 0.893. The van der Waals surface area contributed by atoms with E-state index in [4.69, 9.17) is 4.74 Å². The topological polar surface area (TPSA) is 78.5 Å². The summed E-state index contributed by atoms with van der Waals surface area (Å²) >= 11 is 0. The van der Waals surface area contributed by atoms with Crippen LogP contribution in [0.3, 0.4) is 0 Å². The molecule has 1 spiro atoms. The first-order valence-electron chi connectivity index (χ1n) is 8.51. The molecule has 1 N–H and O–H groups in total. The molecule has 2 saturated heterocycles. The van der Waals surface area contributed by atoms with E-state index in [1.54, 1.807) is 35.0 Å². The van der Waals surface area contributed by atoms with Gasteiger partial charge in [0.25, 0.3) is 5.91 Å². The Kier molecular flexibility index (Phi) is 3.90. The van der Waals surface area contributed by atoms with Crippen LogP contribution in [-0.4, -0.2) is 64.3 Å². The third kappa shape index (κ3) is 2.91. The highest BCUT2D eigenvalue weighted by Gasteiger charge is 2.46. The second-order valence-corrected chi connectivity index (χ2v) is 6.87. The number of nitrogens with one attached hydrogen (secondary N) is 1. The molecule has 3 heterocycles. The number of carbonyl (C=O) groups is 2. The normalized spacial score (nSPS) is 19.1. The minimum absolute atomic E-state index is 0.140. The number of aromatic amines is 1. The number of hydrogen-bond donors (Lipinski definition) is 1. The van der Waals surface area contributed by atoms with Gasteiger partial charge in [0.15, 0.2) is 0 Å². The number of halogens is 1. The van der Waals surface area contributed by atoms with Crippen molar-refractivity contribution in [2.24, 2.45) is 0 Å². The average molecular weight is 358 g/mol. The average Bonchev–Trinajstić information content (AvgIpc) is 3.21. The Hall–Kier alpha value is -2.90. The van der Waals surface area contributed by atoms with Gasteiger partial charge in [-0.3, -0.25) is 9.89 Å². The van der Waals surface area contributed by atoms with Crippen LogP contribution in [0.25, 0.3) is 11.3 Å². The van der Waals surface area contributed by atoms with Crippen molar-refractivity contribution in [3.8, 4) is 11.3 Å². The first-order chi connectivity index (χ1) is 12.5. The number of likely N-dealkylation sites (tertiary alicyclic amines) is 1. The molecule has 8 heteroatoms. The zero-order valence-corrected chi connectivity index (χ0v) is 14.4. The van der Waals surface area contributed by atoms with Gasteiger partial charge >= 0.3 is 6.09 Å². The Morgan fingerprint density at radius 3 is 2.58 bits per heavy atom. The first-order valence-corrected chi connectivity index (χ1v) is 8.51. The molecule has 2 fully saturated rings. The fraction of sp³-hybridized carbons (Fsp3) is 0.389. The molecule has 26 heavy (non-hydrogen) atoms.